The van der Waals surface area contributed by atoms with Gasteiger partial charge in [0.05, 0.1) is 0 Å². The van der Waals surface area contributed by atoms with E-state index in [1.807, 2.05) is 13.8 Å². The second kappa shape index (κ2) is 6.42. The quantitative estimate of drug-likeness (QED) is 0.840. The van der Waals surface area contributed by atoms with Crippen molar-refractivity contribution in [3.63, 3.8) is 0 Å². The summed E-state index contributed by atoms with van der Waals surface area (Å²) in [4.78, 5) is -0.213. The van der Waals surface area contributed by atoms with E-state index in [4.69, 9.17) is 0 Å². The number of hydrogen-bond acceptors (Lipinski definition) is 3. The first-order chi connectivity index (χ1) is 9.86. The Morgan fingerprint density at radius 1 is 1.38 bits per heavy atom. The maximum absolute atomic E-state index is 14.2. The van der Waals surface area contributed by atoms with Crippen LogP contribution in [0.1, 0.15) is 32.3 Å². The molecule has 1 aromatic carbocycles. The molecule has 1 fully saturated rings. The highest BCUT2D eigenvalue weighted by atomic mass is 32.2. The van der Waals surface area contributed by atoms with Gasteiger partial charge in [0.15, 0.2) is 0 Å². The van der Waals surface area contributed by atoms with Gasteiger partial charge >= 0.3 is 0 Å². The fourth-order valence-corrected chi connectivity index (χ4v) is 4.26. The molecule has 1 aliphatic rings. The van der Waals surface area contributed by atoms with Crippen LogP contribution in [-0.4, -0.2) is 32.4 Å². The zero-order chi connectivity index (χ0) is 15.6. The molecule has 0 aromatic heterocycles. The molecule has 0 bridgehead atoms. The minimum Gasteiger partial charge on any atom is -0.316 e. The van der Waals surface area contributed by atoms with Gasteiger partial charge in [-0.25, -0.2) is 12.8 Å². The minimum absolute atomic E-state index is 0.0359. The molecule has 0 saturated heterocycles. The third kappa shape index (κ3) is 3.81. The molecular weight excluding hydrogens is 291 g/mol. The lowest BCUT2D eigenvalue weighted by Gasteiger charge is -2.24. The summed E-state index contributed by atoms with van der Waals surface area (Å²) in [5.74, 6) is -0.454. The molecule has 0 atom stereocenters. The van der Waals surface area contributed by atoms with Gasteiger partial charge in [0.25, 0.3) is 0 Å². The first-order valence-corrected chi connectivity index (χ1v) is 8.75. The molecule has 118 valence electrons. The molecule has 0 spiro atoms. The average molecular weight is 314 g/mol. The van der Waals surface area contributed by atoms with Crippen LogP contribution in [0.5, 0.6) is 0 Å². The number of sulfonamides is 1. The Kier molecular flexibility index (Phi) is 5.01. The lowest BCUT2D eigenvalue weighted by molar-refractivity contribution is 0.358. The van der Waals surface area contributed by atoms with Gasteiger partial charge in [0.1, 0.15) is 10.7 Å². The van der Waals surface area contributed by atoms with E-state index in [9.17, 15) is 12.8 Å². The number of benzene rings is 1. The monoisotopic (exact) mass is 314 g/mol. The van der Waals surface area contributed by atoms with Gasteiger partial charge in [-0.05, 0) is 43.5 Å². The first-order valence-electron chi connectivity index (χ1n) is 7.31. The molecule has 0 unspecified atom stereocenters. The predicted octanol–water partition coefficient (Wildman–Crippen LogP) is 2.35. The van der Waals surface area contributed by atoms with Crippen LogP contribution in [0.3, 0.4) is 0 Å². The third-order valence-electron chi connectivity index (χ3n) is 3.46. The molecule has 2 rings (SSSR count). The van der Waals surface area contributed by atoms with Gasteiger partial charge in [0.2, 0.25) is 10.0 Å². The van der Waals surface area contributed by atoms with Crippen molar-refractivity contribution in [3.8, 4) is 0 Å². The summed E-state index contributed by atoms with van der Waals surface area (Å²) in [6, 6.07) is 4.37. The van der Waals surface area contributed by atoms with Crippen LogP contribution in [0.25, 0.3) is 0 Å². The highest BCUT2D eigenvalue weighted by Gasteiger charge is 2.39. The Balaban J connectivity index is 2.33. The highest BCUT2D eigenvalue weighted by Crippen LogP contribution is 2.33. The molecule has 0 heterocycles. The predicted molar refractivity (Wildman–Crippen MR) is 80.9 cm³/mol. The fraction of sp³-hybridized carbons (Fsp3) is 0.600. The van der Waals surface area contributed by atoms with Crippen molar-refractivity contribution < 1.29 is 12.8 Å². The molecule has 0 amide bonds. The standard InChI is InChI=1S/C15H23FN2O2S/c1-11(2)10-18(13-5-6-13)21(19,20)15-7-4-12(9-17-3)8-14(15)16/h4,7-8,11,13,17H,5-6,9-10H2,1-3H3. The lowest BCUT2D eigenvalue weighted by atomic mass is 10.2. The SMILES string of the molecule is CNCc1ccc(S(=O)(=O)N(CC(C)C)C2CC2)c(F)c1. The third-order valence-corrected chi connectivity index (χ3v) is 5.41. The largest absolute Gasteiger partial charge is 0.316 e. The molecule has 1 aliphatic carbocycles. The van der Waals surface area contributed by atoms with Crippen molar-refractivity contribution in [3.05, 3.63) is 29.6 Å². The van der Waals surface area contributed by atoms with E-state index < -0.39 is 15.8 Å². The van der Waals surface area contributed by atoms with Crippen LogP contribution < -0.4 is 5.32 Å². The minimum atomic E-state index is -3.76. The van der Waals surface area contributed by atoms with Crippen molar-refractivity contribution in [1.82, 2.24) is 9.62 Å². The van der Waals surface area contributed by atoms with Gasteiger partial charge in [-0.15, -0.1) is 0 Å². The summed E-state index contributed by atoms with van der Waals surface area (Å²) in [5.41, 5.74) is 0.732. The summed E-state index contributed by atoms with van der Waals surface area (Å²) in [7, 11) is -1.99. The molecule has 1 N–H and O–H groups in total. The molecule has 0 radical (unpaired) electrons. The summed E-state index contributed by atoms with van der Waals surface area (Å²) >= 11 is 0. The number of nitrogens with one attached hydrogen (secondary N) is 1. The van der Waals surface area contributed by atoms with Crippen molar-refractivity contribution in [1.29, 1.82) is 0 Å². The van der Waals surface area contributed by atoms with Gasteiger partial charge in [0, 0.05) is 19.1 Å². The zero-order valence-electron chi connectivity index (χ0n) is 12.8. The van der Waals surface area contributed by atoms with Gasteiger partial charge in [-0.2, -0.15) is 4.31 Å². The van der Waals surface area contributed by atoms with E-state index in [2.05, 4.69) is 5.32 Å². The number of nitrogens with zero attached hydrogens (tertiary/aromatic N) is 1. The van der Waals surface area contributed by atoms with E-state index in [0.717, 1.165) is 18.4 Å². The number of rotatable bonds is 7. The van der Waals surface area contributed by atoms with Crippen LogP contribution in [0, 0.1) is 11.7 Å². The van der Waals surface area contributed by atoms with Gasteiger partial charge < -0.3 is 5.32 Å². The van der Waals surface area contributed by atoms with Crippen LogP contribution in [-0.2, 0) is 16.6 Å². The van der Waals surface area contributed by atoms with Crippen molar-refractivity contribution >= 4 is 10.0 Å². The van der Waals surface area contributed by atoms with Crippen molar-refractivity contribution in [2.24, 2.45) is 5.92 Å². The highest BCUT2D eigenvalue weighted by molar-refractivity contribution is 7.89. The number of hydrogen-bond donors (Lipinski definition) is 1. The molecule has 0 aliphatic heterocycles. The Labute approximate surface area is 126 Å². The molecular formula is C15H23FN2O2S. The molecule has 6 heteroatoms. The van der Waals surface area contributed by atoms with Crippen molar-refractivity contribution in [2.75, 3.05) is 13.6 Å². The maximum atomic E-state index is 14.2. The van der Waals surface area contributed by atoms with Crippen LogP contribution in [0.2, 0.25) is 0 Å². The molecule has 1 aromatic rings. The van der Waals surface area contributed by atoms with Crippen LogP contribution in [0.15, 0.2) is 23.1 Å². The normalized spacial score (nSPS) is 15.9. The molecule has 4 nitrogen and oxygen atoms in total. The Hall–Kier alpha value is -0.980. The Morgan fingerprint density at radius 2 is 2.05 bits per heavy atom. The summed E-state index contributed by atoms with van der Waals surface area (Å²) in [6.07, 6.45) is 1.73. The second-order valence-electron chi connectivity index (χ2n) is 5.99. The van der Waals surface area contributed by atoms with E-state index in [-0.39, 0.29) is 16.9 Å². The number of halogens is 1. The fourth-order valence-electron chi connectivity index (χ4n) is 2.36. The molecule has 1 saturated carbocycles. The van der Waals surface area contributed by atoms with E-state index in [0.29, 0.717) is 13.1 Å². The van der Waals surface area contributed by atoms with Gasteiger partial charge in [-0.1, -0.05) is 19.9 Å². The van der Waals surface area contributed by atoms with E-state index in [1.54, 1.807) is 13.1 Å². The smallest absolute Gasteiger partial charge is 0.246 e. The second-order valence-corrected chi connectivity index (χ2v) is 7.85. The van der Waals surface area contributed by atoms with E-state index in [1.165, 1.54) is 16.4 Å². The lowest BCUT2D eigenvalue weighted by Crippen LogP contribution is -2.36. The van der Waals surface area contributed by atoms with Crippen LogP contribution >= 0.6 is 0 Å². The summed E-state index contributed by atoms with van der Waals surface area (Å²) in [6.45, 7) is 4.88. The zero-order valence-corrected chi connectivity index (χ0v) is 13.6. The first kappa shape index (κ1) is 16.4. The molecule has 21 heavy (non-hydrogen) atoms. The summed E-state index contributed by atoms with van der Waals surface area (Å²) < 4.78 is 41.1. The van der Waals surface area contributed by atoms with E-state index >= 15 is 0 Å². The average Bonchev–Trinajstić information content (AvgIpc) is 3.20. The van der Waals surface area contributed by atoms with Crippen molar-refractivity contribution in [2.45, 2.75) is 44.2 Å². The topological polar surface area (TPSA) is 49.4 Å². The summed E-state index contributed by atoms with van der Waals surface area (Å²) in [5, 5.41) is 2.92. The van der Waals surface area contributed by atoms with Gasteiger partial charge in [-0.3, -0.25) is 0 Å². The maximum Gasteiger partial charge on any atom is 0.246 e. The Bertz CT molecular complexity index is 598. The Morgan fingerprint density at radius 3 is 2.52 bits per heavy atom. The van der Waals surface area contributed by atoms with Crippen LogP contribution in [0.4, 0.5) is 4.39 Å².